The number of nitrogens with one attached hydrogen (secondary N) is 2. The number of carbonyl (C=O) groups excluding carboxylic acids is 2. The van der Waals surface area contributed by atoms with Crippen LogP contribution in [0.15, 0.2) is 34.9 Å². The van der Waals surface area contributed by atoms with Crippen LogP contribution in [0.25, 0.3) is 0 Å². The van der Waals surface area contributed by atoms with Crippen molar-refractivity contribution >= 4 is 23.4 Å². The molecule has 8 nitrogen and oxygen atoms in total. The molecule has 1 heterocycles. The molecule has 0 fully saturated rings. The zero-order valence-electron chi connectivity index (χ0n) is 17.0. The van der Waals surface area contributed by atoms with Crippen molar-refractivity contribution in [3.8, 4) is 5.75 Å². The molecule has 1 aromatic carbocycles. The van der Waals surface area contributed by atoms with E-state index >= 15 is 0 Å². The summed E-state index contributed by atoms with van der Waals surface area (Å²) in [5.74, 6) is 0.475. The highest BCUT2D eigenvalue weighted by Gasteiger charge is 2.20. The molecule has 2 N–H and O–H groups in total. The second-order valence-corrected chi connectivity index (χ2v) is 7.46. The van der Waals surface area contributed by atoms with E-state index in [1.54, 1.807) is 42.3 Å². The number of methoxy groups -OCH3 is 1. The molecule has 0 aliphatic carbocycles. The van der Waals surface area contributed by atoms with Crippen LogP contribution in [-0.2, 0) is 15.0 Å². The number of amides is 2. The Morgan fingerprint density at radius 3 is 2.39 bits per heavy atom. The van der Waals surface area contributed by atoms with Crippen LogP contribution in [0.4, 0.5) is 11.6 Å². The molecule has 8 heteroatoms. The third kappa shape index (κ3) is 6.38. The fourth-order valence-corrected chi connectivity index (χ4v) is 2.45. The van der Waals surface area contributed by atoms with Gasteiger partial charge in [-0.25, -0.2) is 0 Å². The summed E-state index contributed by atoms with van der Waals surface area (Å²) >= 11 is 0. The van der Waals surface area contributed by atoms with Gasteiger partial charge in [0.25, 0.3) is 0 Å². The number of anilines is 2. The van der Waals surface area contributed by atoms with Crippen LogP contribution in [0.1, 0.15) is 33.4 Å². The van der Waals surface area contributed by atoms with Gasteiger partial charge in [-0.2, -0.15) is 0 Å². The van der Waals surface area contributed by atoms with Gasteiger partial charge in [0, 0.05) is 23.2 Å². The highest BCUT2D eigenvalue weighted by molar-refractivity contribution is 5.94. The molecule has 0 atom stereocenters. The number of likely N-dealkylation sites (N-methyl/N-ethyl adjacent to an activating group) is 1. The zero-order valence-corrected chi connectivity index (χ0v) is 17.0. The maximum Gasteiger partial charge on any atom is 0.240 e. The molecule has 2 amide bonds. The fourth-order valence-electron chi connectivity index (χ4n) is 2.45. The van der Waals surface area contributed by atoms with Gasteiger partial charge in [0.15, 0.2) is 0 Å². The molecule has 0 spiro atoms. The fraction of sp³-hybridized carbons (Fsp3) is 0.450. The Morgan fingerprint density at radius 2 is 1.82 bits per heavy atom. The molecular formula is C20H28N4O4. The van der Waals surface area contributed by atoms with E-state index in [1.165, 1.54) is 0 Å². The molecule has 0 unspecified atom stereocenters. The Kier molecular flexibility index (Phi) is 7.17. The third-order valence-electron chi connectivity index (χ3n) is 4.08. The summed E-state index contributed by atoms with van der Waals surface area (Å²) in [5.41, 5.74) is 1.23. The van der Waals surface area contributed by atoms with Gasteiger partial charge in [-0.05, 0) is 18.7 Å². The van der Waals surface area contributed by atoms with Crippen LogP contribution in [-0.4, -0.2) is 48.6 Å². The van der Waals surface area contributed by atoms with Crippen LogP contribution < -0.4 is 15.4 Å². The number of ether oxygens (including phenoxy) is 1. The molecule has 2 rings (SSSR count). The van der Waals surface area contributed by atoms with Crippen molar-refractivity contribution in [1.29, 1.82) is 0 Å². The van der Waals surface area contributed by atoms with Gasteiger partial charge < -0.3 is 14.6 Å². The molecule has 0 bridgehead atoms. The molecule has 0 saturated heterocycles. The van der Waals surface area contributed by atoms with Crippen LogP contribution >= 0.6 is 0 Å². The first kappa shape index (κ1) is 21.4. The first-order valence-electron chi connectivity index (χ1n) is 9.14. The number of carbonyl (C=O) groups is 2. The Hall–Kier alpha value is -2.87. The Balaban J connectivity index is 1.87. The lowest BCUT2D eigenvalue weighted by molar-refractivity contribution is -0.120. The van der Waals surface area contributed by atoms with Crippen LogP contribution in [0, 0.1) is 0 Å². The summed E-state index contributed by atoms with van der Waals surface area (Å²) in [6.07, 6.45) is 0. The molecule has 1 aromatic heterocycles. The van der Waals surface area contributed by atoms with Crippen molar-refractivity contribution < 1.29 is 18.8 Å². The topological polar surface area (TPSA) is 96.7 Å². The highest BCUT2D eigenvalue weighted by atomic mass is 16.5. The van der Waals surface area contributed by atoms with Crippen LogP contribution in [0.5, 0.6) is 5.75 Å². The highest BCUT2D eigenvalue weighted by Crippen LogP contribution is 2.23. The SMILES string of the molecule is CCN(CC(=O)Nc1cccc(OC)c1)CC(=O)Nc1cc(C(C)(C)C)no1. The number of hydrogen-bond donors (Lipinski definition) is 2. The van der Waals surface area contributed by atoms with E-state index in [0.717, 1.165) is 5.69 Å². The predicted molar refractivity (Wildman–Crippen MR) is 108 cm³/mol. The van der Waals surface area contributed by atoms with Crippen molar-refractivity contribution in [3.05, 3.63) is 36.0 Å². The molecular weight excluding hydrogens is 360 g/mol. The van der Waals surface area contributed by atoms with Crippen LogP contribution in [0.3, 0.4) is 0 Å². The first-order chi connectivity index (χ1) is 13.2. The van der Waals surface area contributed by atoms with Crippen molar-refractivity contribution in [2.45, 2.75) is 33.1 Å². The molecule has 0 radical (unpaired) electrons. The summed E-state index contributed by atoms with van der Waals surface area (Å²) in [6.45, 7) is 8.61. The molecule has 0 aliphatic heterocycles. The average molecular weight is 388 g/mol. The van der Waals surface area contributed by atoms with Gasteiger partial charge in [-0.1, -0.05) is 38.9 Å². The minimum Gasteiger partial charge on any atom is -0.497 e. The van der Waals surface area contributed by atoms with Crippen LogP contribution in [0.2, 0.25) is 0 Å². The van der Waals surface area contributed by atoms with E-state index in [0.29, 0.717) is 23.9 Å². The van der Waals surface area contributed by atoms with E-state index in [9.17, 15) is 9.59 Å². The monoisotopic (exact) mass is 388 g/mol. The van der Waals surface area contributed by atoms with Crippen molar-refractivity contribution in [1.82, 2.24) is 10.1 Å². The van der Waals surface area contributed by atoms with E-state index in [1.807, 2.05) is 27.7 Å². The summed E-state index contributed by atoms with van der Waals surface area (Å²) in [4.78, 5) is 26.3. The van der Waals surface area contributed by atoms with Gasteiger partial charge in [0.1, 0.15) is 5.75 Å². The van der Waals surface area contributed by atoms with Crippen molar-refractivity contribution in [2.75, 3.05) is 37.4 Å². The van der Waals surface area contributed by atoms with E-state index in [4.69, 9.17) is 9.26 Å². The lowest BCUT2D eigenvalue weighted by Crippen LogP contribution is -2.38. The molecule has 0 aliphatic rings. The van der Waals surface area contributed by atoms with Crippen molar-refractivity contribution in [2.24, 2.45) is 0 Å². The van der Waals surface area contributed by atoms with Gasteiger partial charge >= 0.3 is 0 Å². The number of hydrogen-bond acceptors (Lipinski definition) is 6. The van der Waals surface area contributed by atoms with Gasteiger partial charge in [-0.15, -0.1) is 0 Å². The van der Waals surface area contributed by atoms with Gasteiger partial charge in [-0.3, -0.25) is 19.8 Å². The minimum absolute atomic E-state index is 0.0631. The summed E-state index contributed by atoms with van der Waals surface area (Å²) in [7, 11) is 1.57. The third-order valence-corrected chi connectivity index (χ3v) is 4.08. The smallest absolute Gasteiger partial charge is 0.240 e. The number of aromatic nitrogens is 1. The Labute approximate surface area is 165 Å². The maximum absolute atomic E-state index is 12.3. The van der Waals surface area contributed by atoms with E-state index < -0.39 is 0 Å². The largest absolute Gasteiger partial charge is 0.497 e. The second kappa shape index (κ2) is 9.36. The van der Waals surface area contributed by atoms with E-state index in [-0.39, 0.29) is 30.3 Å². The van der Waals surface area contributed by atoms with Crippen molar-refractivity contribution in [3.63, 3.8) is 0 Å². The lowest BCUT2D eigenvalue weighted by atomic mass is 9.92. The van der Waals surface area contributed by atoms with Gasteiger partial charge in [0.05, 0.1) is 25.9 Å². The minimum atomic E-state index is -0.271. The molecule has 0 saturated carbocycles. The predicted octanol–water partition coefficient (Wildman–Crippen LogP) is 2.88. The summed E-state index contributed by atoms with van der Waals surface area (Å²) in [6, 6.07) is 8.82. The van der Waals surface area contributed by atoms with Gasteiger partial charge in [0.2, 0.25) is 17.7 Å². The standard InChI is InChI=1S/C20H28N4O4/c1-6-24(12-17(25)21-14-8-7-9-15(10-14)27-5)13-18(26)22-19-11-16(23-28-19)20(2,3)4/h7-11H,6,12-13H2,1-5H3,(H,21,25)(H,22,26). The first-order valence-corrected chi connectivity index (χ1v) is 9.14. The van der Waals surface area contributed by atoms with E-state index in [2.05, 4.69) is 15.8 Å². The number of benzene rings is 1. The maximum atomic E-state index is 12.3. The Morgan fingerprint density at radius 1 is 1.14 bits per heavy atom. The summed E-state index contributed by atoms with van der Waals surface area (Å²) < 4.78 is 10.3. The lowest BCUT2D eigenvalue weighted by Gasteiger charge is -2.19. The number of rotatable bonds is 8. The molecule has 152 valence electrons. The molecule has 28 heavy (non-hydrogen) atoms. The average Bonchev–Trinajstić information content (AvgIpc) is 3.10. The molecule has 2 aromatic rings. The summed E-state index contributed by atoms with van der Waals surface area (Å²) in [5, 5.41) is 9.45. The zero-order chi connectivity index (χ0) is 20.7. The number of nitrogens with zero attached hydrogens (tertiary/aromatic N) is 2. The second-order valence-electron chi connectivity index (χ2n) is 7.46. The quantitative estimate of drug-likeness (QED) is 0.722. The normalized spacial score (nSPS) is 11.4. The Bertz CT molecular complexity index is 811.